The Bertz CT molecular complexity index is 583. The molecule has 2 aromatic rings. The van der Waals surface area contributed by atoms with Gasteiger partial charge in [-0.2, -0.15) is 0 Å². The summed E-state index contributed by atoms with van der Waals surface area (Å²) >= 11 is 0. The lowest BCUT2D eigenvalue weighted by Crippen LogP contribution is -2.20. The Balaban J connectivity index is 2.07. The fourth-order valence-corrected chi connectivity index (χ4v) is 2.68. The van der Waals surface area contributed by atoms with Crippen LogP contribution in [0.2, 0.25) is 0 Å². The monoisotopic (exact) mass is 241 g/mol. The van der Waals surface area contributed by atoms with Crippen LogP contribution >= 0.6 is 0 Å². The minimum absolute atomic E-state index is 0.190. The normalized spacial score (nSPS) is 16.9. The lowest BCUT2D eigenvalue weighted by molar-refractivity contribution is 0.685. The third kappa shape index (κ3) is 1.75. The summed E-state index contributed by atoms with van der Waals surface area (Å²) in [6, 6.07) is 4.41. The average molecular weight is 241 g/mol. The van der Waals surface area contributed by atoms with Crippen LogP contribution in [0.3, 0.4) is 0 Å². The van der Waals surface area contributed by atoms with E-state index < -0.39 is 0 Å². The number of aryl methyl sites for hydroxylation is 3. The van der Waals surface area contributed by atoms with Gasteiger partial charge in [-0.3, -0.25) is 0 Å². The Hall–Kier alpha value is -1.61. The van der Waals surface area contributed by atoms with Gasteiger partial charge in [0.2, 0.25) is 0 Å². The smallest absolute Gasteiger partial charge is 0.126 e. The maximum atomic E-state index is 6.17. The van der Waals surface area contributed by atoms with Gasteiger partial charge >= 0.3 is 0 Å². The summed E-state index contributed by atoms with van der Waals surface area (Å²) in [5.41, 5.74) is 12.2. The molecule has 1 aliphatic rings. The average Bonchev–Trinajstić information content (AvgIpc) is 2.85. The van der Waals surface area contributed by atoms with Gasteiger partial charge in [0.15, 0.2) is 0 Å². The Morgan fingerprint density at radius 2 is 1.78 bits per heavy atom. The molecular weight excluding hydrogens is 222 g/mol. The quantitative estimate of drug-likeness (QED) is 0.849. The van der Waals surface area contributed by atoms with Crippen molar-refractivity contribution >= 4 is 0 Å². The summed E-state index contributed by atoms with van der Waals surface area (Å²) in [5, 5.41) is 0. The molecule has 0 amide bonds. The van der Waals surface area contributed by atoms with Crippen molar-refractivity contribution < 1.29 is 0 Å². The molecule has 1 aliphatic carbocycles. The molecule has 3 heteroatoms. The van der Waals surface area contributed by atoms with Crippen LogP contribution in [0.4, 0.5) is 0 Å². The number of aromatic nitrogens is 2. The van der Waals surface area contributed by atoms with E-state index in [4.69, 9.17) is 5.73 Å². The van der Waals surface area contributed by atoms with Crippen molar-refractivity contribution in [1.29, 1.82) is 0 Å². The van der Waals surface area contributed by atoms with Crippen molar-refractivity contribution in [1.82, 2.24) is 9.97 Å². The number of benzene rings is 1. The minimum atomic E-state index is -0.190. The van der Waals surface area contributed by atoms with Gasteiger partial charge < -0.3 is 10.7 Å². The molecule has 94 valence electrons. The number of hydrogen-bond donors (Lipinski definition) is 2. The predicted molar refractivity (Wildman–Crippen MR) is 73.3 cm³/mol. The molecule has 3 rings (SSSR count). The van der Waals surface area contributed by atoms with E-state index in [0.29, 0.717) is 0 Å². The number of hydrogen-bond acceptors (Lipinski definition) is 2. The zero-order chi connectivity index (χ0) is 12.9. The Labute approximate surface area is 107 Å². The Kier molecular flexibility index (Phi) is 2.35. The number of nitrogens with one attached hydrogen (secondary N) is 1. The van der Waals surface area contributed by atoms with Gasteiger partial charge in [0.1, 0.15) is 5.82 Å². The van der Waals surface area contributed by atoms with Crippen LogP contribution in [-0.4, -0.2) is 9.97 Å². The summed E-state index contributed by atoms with van der Waals surface area (Å²) in [6.45, 7) is 6.41. The molecule has 0 radical (unpaired) electrons. The van der Waals surface area contributed by atoms with Crippen LogP contribution in [-0.2, 0) is 5.54 Å². The fourth-order valence-electron chi connectivity index (χ4n) is 2.68. The molecular formula is C15H19N3. The molecule has 3 N–H and O–H groups in total. The van der Waals surface area contributed by atoms with Crippen molar-refractivity contribution in [3.05, 3.63) is 40.8 Å². The molecule has 0 saturated heterocycles. The van der Waals surface area contributed by atoms with Gasteiger partial charge in [0.05, 0.1) is 17.4 Å². The van der Waals surface area contributed by atoms with Crippen LogP contribution in [0.25, 0.3) is 11.3 Å². The molecule has 1 aromatic carbocycles. The molecule has 0 aliphatic heterocycles. The van der Waals surface area contributed by atoms with Crippen molar-refractivity contribution in [2.75, 3.05) is 0 Å². The number of aromatic amines is 1. The first-order chi connectivity index (χ1) is 8.49. The summed E-state index contributed by atoms with van der Waals surface area (Å²) in [5.74, 6) is 0.928. The Morgan fingerprint density at radius 1 is 1.17 bits per heavy atom. The van der Waals surface area contributed by atoms with E-state index in [1.807, 2.05) is 6.20 Å². The van der Waals surface area contributed by atoms with Crippen molar-refractivity contribution in [2.24, 2.45) is 5.73 Å². The summed E-state index contributed by atoms with van der Waals surface area (Å²) < 4.78 is 0. The topological polar surface area (TPSA) is 54.7 Å². The number of rotatable bonds is 2. The van der Waals surface area contributed by atoms with E-state index in [1.54, 1.807) is 0 Å². The van der Waals surface area contributed by atoms with E-state index >= 15 is 0 Å². The maximum absolute atomic E-state index is 6.17. The third-order valence-electron chi connectivity index (χ3n) is 3.78. The molecule has 1 fully saturated rings. The van der Waals surface area contributed by atoms with Gasteiger partial charge in [-0.15, -0.1) is 0 Å². The van der Waals surface area contributed by atoms with Crippen LogP contribution in [0, 0.1) is 20.8 Å². The fraction of sp³-hybridized carbons (Fsp3) is 0.400. The largest absolute Gasteiger partial charge is 0.340 e. The molecule has 1 aromatic heterocycles. The molecule has 1 saturated carbocycles. The summed E-state index contributed by atoms with van der Waals surface area (Å²) in [7, 11) is 0. The number of nitrogens with two attached hydrogens (primary N) is 1. The van der Waals surface area contributed by atoms with Crippen LogP contribution in [0.5, 0.6) is 0 Å². The zero-order valence-corrected chi connectivity index (χ0v) is 11.2. The van der Waals surface area contributed by atoms with Gasteiger partial charge in [0.25, 0.3) is 0 Å². The van der Waals surface area contributed by atoms with Gasteiger partial charge in [-0.05, 0) is 44.7 Å². The SMILES string of the molecule is Cc1cc(C)c(-c2cnc(C3(N)CC3)[nH]2)c(C)c1. The first kappa shape index (κ1) is 11.5. The van der Waals surface area contributed by atoms with Crippen molar-refractivity contribution in [2.45, 2.75) is 39.2 Å². The highest BCUT2D eigenvalue weighted by molar-refractivity contribution is 5.68. The number of imidazole rings is 1. The highest BCUT2D eigenvalue weighted by Gasteiger charge is 2.42. The summed E-state index contributed by atoms with van der Waals surface area (Å²) in [4.78, 5) is 7.85. The highest BCUT2D eigenvalue weighted by Crippen LogP contribution is 2.41. The molecule has 0 spiro atoms. The van der Waals surface area contributed by atoms with E-state index in [2.05, 4.69) is 42.9 Å². The molecule has 3 nitrogen and oxygen atoms in total. The maximum Gasteiger partial charge on any atom is 0.126 e. The zero-order valence-electron chi connectivity index (χ0n) is 11.2. The van der Waals surface area contributed by atoms with Crippen molar-refractivity contribution in [3.8, 4) is 11.3 Å². The summed E-state index contributed by atoms with van der Waals surface area (Å²) in [6.07, 6.45) is 3.98. The number of nitrogens with zero attached hydrogens (tertiary/aromatic N) is 1. The second-order valence-electron chi connectivity index (χ2n) is 5.58. The molecule has 0 atom stereocenters. The number of H-pyrrole nitrogens is 1. The van der Waals surface area contributed by atoms with Gasteiger partial charge in [-0.25, -0.2) is 4.98 Å². The van der Waals surface area contributed by atoms with Gasteiger partial charge in [0, 0.05) is 5.56 Å². The first-order valence-electron chi connectivity index (χ1n) is 6.42. The first-order valence-corrected chi connectivity index (χ1v) is 6.42. The molecule has 0 unspecified atom stereocenters. The predicted octanol–water partition coefficient (Wildman–Crippen LogP) is 2.95. The van der Waals surface area contributed by atoms with E-state index in [-0.39, 0.29) is 5.54 Å². The molecule has 1 heterocycles. The van der Waals surface area contributed by atoms with Crippen LogP contribution < -0.4 is 5.73 Å². The lowest BCUT2D eigenvalue weighted by Gasteiger charge is -2.10. The minimum Gasteiger partial charge on any atom is -0.340 e. The second kappa shape index (κ2) is 3.69. The second-order valence-corrected chi connectivity index (χ2v) is 5.58. The third-order valence-corrected chi connectivity index (χ3v) is 3.78. The standard InChI is InChI=1S/C15H19N3/c1-9-6-10(2)13(11(3)7-9)12-8-17-14(18-12)15(16)4-5-15/h6-8H,4-5,16H2,1-3H3,(H,17,18). The Morgan fingerprint density at radius 3 is 2.33 bits per heavy atom. The molecule has 18 heavy (non-hydrogen) atoms. The highest BCUT2D eigenvalue weighted by atomic mass is 15.0. The van der Waals surface area contributed by atoms with E-state index in [9.17, 15) is 0 Å². The van der Waals surface area contributed by atoms with Gasteiger partial charge in [-0.1, -0.05) is 17.7 Å². The van der Waals surface area contributed by atoms with Crippen molar-refractivity contribution in [3.63, 3.8) is 0 Å². The van der Waals surface area contributed by atoms with E-state index in [0.717, 1.165) is 24.4 Å². The lowest BCUT2D eigenvalue weighted by atomic mass is 9.98. The van der Waals surface area contributed by atoms with Crippen LogP contribution in [0.15, 0.2) is 18.3 Å². The van der Waals surface area contributed by atoms with E-state index in [1.165, 1.54) is 22.3 Å². The van der Waals surface area contributed by atoms with Crippen LogP contribution in [0.1, 0.15) is 35.4 Å². The molecule has 0 bridgehead atoms.